The fourth-order valence-corrected chi connectivity index (χ4v) is 5.62. The summed E-state index contributed by atoms with van der Waals surface area (Å²) in [5.41, 5.74) is 2.03. The van der Waals surface area contributed by atoms with Crippen molar-refractivity contribution in [3.8, 4) is 0 Å². The van der Waals surface area contributed by atoms with Crippen molar-refractivity contribution in [1.29, 1.82) is 0 Å². The standard InChI is InChI=1S/C26H35N3O6S/c1-5-20-22-21(14-26(15-27-23(22)30)9-11-34-12-10-26)29(28-20)16-25(2,3)17-35-24(31)18-7-6-8-19(13-18)36(4,32)33/h6-8,13H,5,9-12,14-17H2,1-4H3,(H,27,30). The van der Waals surface area contributed by atoms with Gasteiger partial charge in [0.2, 0.25) is 0 Å². The van der Waals surface area contributed by atoms with Gasteiger partial charge >= 0.3 is 5.97 Å². The van der Waals surface area contributed by atoms with Crippen LogP contribution in [0.25, 0.3) is 0 Å². The van der Waals surface area contributed by atoms with E-state index in [1.165, 1.54) is 24.3 Å². The van der Waals surface area contributed by atoms with E-state index >= 15 is 0 Å². The monoisotopic (exact) mass is 517 g/mol. The summed E-state index contributed by atoms with van der Waals surface area (Å²) in [6.45, 7) is 8.52. The Kier molecular flexibility index (Phi) is 7.30. The topological polar surface area (TPSA) is 117 Å². The number of ether oxygens (including phenoxy) is 2. The number of carbonyl (C=O) groups excluding carboxylic acids is 2. The van der Waals surface area contributed by atoms with Crippen molar-refractivity contribution < 1.29 is 27.5 Å². The number of benzene rings is 1. The molecule has 1 aromatic heterocycles. The van der Waals surface area contributed by atoms with E-state index in [0.717, 1.165) is 36.9 Å². The Labute approximate surface area is 212 Å². The van der Waals surface area contributed by atoms with Crippen LogP contribution in [0.15, 0.2) is 29.2 Å². The number of nitrogens with one attached hydrogen (secondary N) is 1. The Bertz CT molecular complexity index is 1260. The van der Waals surface area contributed by atoms with E-state index in [4.69, 9.17) is 14.6 Å². The average molecular weight is 518 g/mol. The van der Waals surface area contributed by atoms with Crippen LogP contribution in [-0.2, 0) is 38.7 Å². The predicted octanol–water partition coefficient (Wildman–Crippen LogP) is 2.81. The summed E-state index contributed by atoms with van der Waals surface area (Å²) >= 11 is 0. The first kappa shape index (κ1) is 26.3. The number of esters is 1. The van der Waals surface area contributed by atoms with Crippen molar-refractivity contribution in [2.75, 3.05) is 32.6 Å². The van der Waals surface area contributed by atoms with Gasteiger partial charge in [0.05, 0.1) is 34.0 Å². The van der Waals surface area contributed by atoms with E-state index in [2.05, 4.69) is 5.32 Å². The minimum absolute atomic E-state index is 0.0524. The summed E-state index contributed by atoms with van der Waals surface area (Å²) in [6, 6.07) is 5.85. The quantitative estimate of drug-likeness (QED) is 0.562. The summed E-state index contributed by atoms with van der Waals surface area (Å²) < 4.78 is 36.8. The van der Waals surface area contributed by atoms with Crippen LogP contribution in [0.3, 0.4) is 0 Å². The molecule has 4 rings (SSSR count). The van der Waals surface area contributed by atoms with Crippen LogP contribution in [0.4, 0.5) is 0 Å². The lowest BCUT2D eigenvalue weighted by Crippen LogP contribution is -2.41. The molecular formula is C26H35N3O6S. The number of carbonyl (C=O) groups is 2. The van der Waals surface area contributed by atoms with E-state index in [1.807, 2.05) is 25.5 Å². The highest BCUT2D eigenvalue weighted by atomic mass is 32.2. The molecule has 1 spiro atoms. The number of nitrogens with zero attached hydrogens (tertiary/aromatic N) is 2. The average Bonchev–Trinajstić information content (AvgIpc) is 3.09. The molecule has 0 atom stereocenters. The molecule has 0 radical (unpaired) electrons. The molecule has 9 nitrogen and oxygen atoms in total. The van der Waals surface area contributed by atoms with Crippen molar-refractivity contribution >= 4 is 21.7 Å². The number of hydrogen-bond acceptors (Lipinski definition) is 7. The predicted molar refractivity (Wildman–Crippen MR) is 134 cm³/mol. The molecule has 3 heterocycles. The molecule has 196 valence electrons. The van der Waals surface area contributed by atoms with Crippen LogP contribution in [0.1, 0.15) is 65.7 Å². The van der Waals surface area contributed by atoms with E-state index in [1.54, 1.807) is 0 Å². The first-order valence-electron chi connectivity index (χ1n) is 12.3. The van der Waals surface area contributed by atoms with Crippen LogP contribution < -0.4 is 5.32 Å². The van der Waals surface area contributed by atoms with Crippen LogP contribution in [0.2, 0.25) is 0 Å². The third kappa shape index (κ3) is 5.64. The molecular weight excluding hydrogens is 482 g/mol. The van der Waals surface area contributed by atoms with Crippen molar-refractivity contribution in [2.24, 2.45) is 10.8 Å². The van der Waals surface area contributed by atoms with Gasteiger partial charge in [-0.15, -0.1) is 0 Å². The van der Waals surface area contributed by atoms with Gasteiger partial charge in [0.25, 0.3) is 5.91 Å². The molecule has 1 N–H and O–H groups in total. The van der Waals surface area contributed by atoms with Gasteiger partial charge in [-0.3, -0.25) is 9.48 Å². The second kappa shape index (κ2) is 9.97. The van der Waals surface area contributed by atoms with Gasteiger partial charge in [-0.25, -0.2) is 13.2 Å². The smallest absolute Gasteiger partial charge is 0.338 e. The maximum atomic E-state index is 13.1. The van der Waals surface area contributed by atoms with Crippen molar-refractivity contribution in [2.45, 2.75) is 57.9 Å². The number of hydrogen-bond donors (Lipinski definition) is 1. The molecule has 1 aromatic carbocycles. The van der Waals surface area contributed by atoms with E-state index in [9.17, 15) is 18.0 Å². The van der Waals surface area contributed by atoms with Crippen LogP contribution in [0.5, 0.6) is 0 Å². The highest BCUT2D eigenvalue weighted by Crippen LogP contribution is 2.38. The fourth-order valence-electron chi connectivity index (χ4n) is 4.95. The highest BCUT2D eigenvalue weighted by molar-refractivity contribution is 7.90. The van der Waals surface area contributed by atoms with Crippen LogP contribution in [0, 0.1) is 10.8 Å². The Morgan fingerprint density at radius 1 is 1.28 bits per heavy atom. The second-order valence-corrected chi connectivity index (χ2v) is 12.8. The van der Waals surface area contributed by atoms with Gasteiger partial charge in [-0.2, -0.15) is 5.10 Å². The zero-order chi connectivity index (χ0) is 26.1. The fraction of sp³-hybridized carbons (Fsp3) is 0.577. The van der Waals surface area contributed by atoms with Crippen molar-refractivity contribution in [1.82, 2.24) is 15.1 Å². The maximum Gasteiger partial charge on any atom is 0.338 e. The lowest BCUT2D eigenvalue weighted by Gasteiger charge is -2.36. The molecule has 1 amide bonds. The molecule has 0 aliphatic carbocycles. The molecule has 2 aliphatic heterocycles. The van der Waals surface area contributed by atoms with Crippen LogP contribution >= 0.6 is 0 Å². The summed E-state index contributed by atoms with van der Waals surface area (Å²) in [7, 11) is -3.43. The van der Waals surface area contributed by atoms with E-state index in [-0.39, 0.29) is 28.4 Å². The van der Waals surface area contributed by atoms with Gasteiger partial charge in [0, 0.05) is 38.0 Å². The molecule has 0 bridgehead atoms. The molecule has 10 heteroatoms. The third-order valence-electron chi connectivity index (χ3n) is 7.08. The molecule has 2 aliphatic rings. The van der Waals surface area contributed by atoms with Gasteiger partial charge in [-0.1, -0.05) is 26.8 Å². The highest BCUT2D eigenvalue weighted by Gasteiger charge is 2.40. The van der Waals surface area contributed by atoms with Crippen molar-refractivity contribution in [3.63, 3.8) is 0 Å². The Morgan fingerprint density at radius 3 is 2.67 bits per heavy atom. The minimum Gasteiger partial charge on any atom is -0.461 e. The number of fused-ring (bicyclic) bond motifs is 1. The Morgan fingerprint density at radius 2 is 2.00 bits per heavy atom. The molecule has 36 heavy (non-hydrogen) atoms. The first-order chi connectivity index (χ1) is 16.9. The van der Waals surface area contributed by atoms with Gasteiger partial charge in [0.1, 0.15) is 0 Å². The van der Waals surface area contributed by atoms with Gasteiger partial charge < -0.3 is 14.8 Å². The minimum atomic E-state index is -3.43. The SMILES string of the molecule is CCc1nn(CC(C)(C)COC(=O)c2cccc(S(C)(=O)=O)c2)c2c1C(=O)NCC1(CCOCC1)C2. The van der Waals surface area contributed by atoms with E-state index in [0.29, 0.717) is 38.3 Å². The van der Waals surface area contributed by atoms with Gasteiger partial charge in [0.15, 0.2) is 9.84 Å². The third-order valence-corrected chi connectivity index (χ3v) is 8.19. The zero-order valence-corrected chi connectivity index (χ0v) is 22.2. The van der Waals surface area contributed by atoms with Crippen molar-refractivity contribution in [3.05, 3.63) is 46.8 Å². The Balaban J connectivity index is 1.53. The molecule has 1 saturated heterocycles. The number of aryl methyl sites for hydroxylation is 1. The summed E-state index contributed by atoms with van der Waals surface area (Å²) in [5, 5.41) is 7.93. The zero-order valence-electron chi connectivity index (χ0n) is 21.4. The number of aromatic nitrogens is 2. The normalized spacial score (nSPS) is 17.8. The lowest BCUT2D eigenvalue weighted by atomic mass is 9.76. The first-order valence-corrected chi connectivity index (χ1v) is 14.2. The summed E-state index contributed by atoms with van der Waals surface area (Å²) in [4.78, 5) is 25.8. The number of sulfone groups is 1. The van der Waals surface area contributed by atoms with Crippen LogP contribution in [-0.4, -0.2) is 62.7 Å². The van der Waals surface area contributed by atoms with E-state index < -0.39 is 21.2 Å². The number of rotatable bonds is 7. The lowest BCUT2D eigenvalue weighted by molar-refractivity contribution is 0.0145. The second-order valence-electron chi connectivity index (χ2n) is 10.8. The molecule has 0 unspecified atom stereocenters. The summed E-state index contributed by atoms with van der Waals surface area (Å²) in [6.07, 6.45) is 4.25. The molecule has 0 saturated carbocycles. The Hall–Kier alpha value is -2.72. The largest absolute Gasteiger partial charge is 0.461 e. The molecule has 1 fully saturated rings. The number of amides is 1. The summed E-state index contributed by atoms with van der Waals surface area (Å²) in [5.74, 6) is -0.658. The maximum absolute atomic E-state index is 13.1. The molecule has 2 aromatic rings. The van der Waals surface area contributed by atoms with Gasteiger partial charge in [-0.05, 0) is 49.3 Å².